The molecule has 1 heterocycles. The molecule has 82 valence electrons. The van der Waals surface area contributed by atoms with Gasteiger partial charge in [-0.3, -0.25) is 0 Å². The zero-order chi connectivity index (χ0) is 11.5. The van der Waals surface area contributed by atoms with E-state index >= 15 is 0 Å². The summed E-state index contributed by atoms with van der Waals surface area (Å²) in [5.41, 5.74) is 1.12. The molecule has 2 rings (SSSR count). The summed E-state index contributed by atoms with van der Waals surface area (Å²) in [7, 11) is 0. The summed E-state index contributed by atoms with van der Waals surface area (Å²) in [5.74, 6) is 0. The highest BCUT2D eigenvalue weighted by Crippen LogP contribution is 2.13. The number of aromatic nitrogens is 1. The van der Waals surface area contributed by atoms with Crippen LogP contribution in [-0.4, -0.2) is 11.6 Å². The van der Waals surface area contributed by atoms with Crippen molar-refractivity contribution >= 4 is 10.9 Å². The lowest BCUT2D eigenvalue weighted by Crippen LogP contribution is -2.05. The molecule has 0 unspecified atom stereocenters. The first-order valence-corrected chi connectivity index (χ1v) is 4.86. The van der Waals surface area contributed by atoms with Crippen LogP contribution in [0.25, 0.3) is 10.9 Å². The maximum absolute atomic E-state index is 11.6. The second kappa shape index (κ2) is 4.18. The normalized spacial score (nSPS) is 10.3. The van der Waals surface area contributed by atoms with Crippen molar-refractivity contribution in [2.24, 2.45) is 0 Å². The lowest BCUT2D eigenvalue weighted by Gasteiger charge is -2.01. The standard InChI is InChI=1S/C12H11NO3/c1-3-6-15-12-13-10-5-4-8(2)7-9(10)11(14)16-12/h3-5,7H,1,6H2,2H3. The maximum Gasteiger partial charge on any atom is 0.397 e. The Balaban J connectivity index is 2.55. The van der Waals surface area contributed by atoms with Crippen molar-refractivity contribution < 1.29 is 9.15 Å². The topological polar surface area (TPSA) is 52.3 Å². The zero-order valence-electron chi connectivity index (χ0n) is 8.90. The van der Waals surface area contributed by atoms with Gasteiger partial charge in [0.25, 0.3) is 0 Å². The van der Waals surface area contributed by atoms with E-state index in [0.29, 0.717) is 10.9 Å². The minimum Gasteiger partial charge on any atom is -0.446 e. The smallest absolute Gasteiger partial charge is 0.397 e. The van der Waals surface area contributed by atoms with Crippen molar-refractivity contribution in [1.82, 2.24) is 4.98 Å². The third-order valence-corrected chi connectivity index (χ3v) is 2.09. The summed E-state index contributed by atoms with van der Waals surface area (Å²) >= 11 is 0. The molecule has 0 atom stereocenters. The monoisotopic (exact) mass is 217 g/mol. The van der Waals surface area contributed by atoms with E-state index in [9.17, 15) is 4.79 Å². The van der Waals surface area contributed by atoms with Crippen molar-refractivity contribution in [2.75, 3.05) is 6.61 Å². The van der Waals surface area contributed by atoms with Crippen LogP contribution in [0.5, 0.6) is 6.08 Å². The SMILES string of the molecule is C=CCOc1nc2ccc(C)cc2c(=O)o1. The fraction of sp³-hybridized carbons (Fsp3) is 0.167. The molecule has 4 nitrogen and oxygen atoms in total. The fourth-order valence-corrected chi connectivity index (χ4v) is 1.36. The molecule has 0 spiro atoms. The second-order valence-electron chi connectivity index (χ2n) is 3.39. The van der Waals surface area contributed by atoms with Crippen LogP contribution in [0.2, 0.25) is 0 Å². The van der Waals surface area contributed by atoms with Crippen molar-refractivity contribution in [2.45, 2.75) is 6.92 Å². The van der Waals surface area contributed by atoms with E-state index < -0.39 is 5.63 Å². The van der Waals surface area contributed by atoms with Gasteiger partial charge >= 0.3 is 11.7 Å². The number of rotatable bonds is 3. The number of fused-ring (bicyclic) bond motifs is 1. The van der Waals surface area contributed by atoms with E-state index in [1.165, 1.54) is 0 Å². The quantitative estimate of drug-likeness (QED) is 0.738. The molecule has 0 radical (unpaired) electrons. The van der Waals surface area contributed by atoms with E-state index in [4.69, 9.17) is 9.15 Å². The molecule has 0 N–H and O–H groups in total. The van der Waals surface area contributed by atoms with E-state index in [2.05, 4.69) is 11.6 Å². The molecule has 2 aromatic rings. The van der Waals surface area contributed by atoms with Crippen LogP contribution in [0.15, 0.2) is 40.1 Å². The number of hydrogen-bond donors (Lipinski definition) is 0. The first kappa shape index (κ1) is 10.4. The minimum atomic E-state index is -0.437. The molecular weight excluding hydrogens is 206 g/mol. The summed E-state index contributed by atoms with van der Waals surface area (Å²) in [5, 5.41) is 0.464. The Kier molecular flexibility index (Phi) is 2.72. The van der Waals surface area contributed by atoms with Gasteiger partial charge in [-0.1, -0.05) is 24.3 Å². The molecule has 0 saturated heterocycles. The van der Waals surface area contributed by atoms with Gasteiger partial charge in [0, 0.05) is 0 Å². The number of aryl methyl sites for hydroxylation is 1. The Morgan fingerprint density at radius 1 is 1.56 bits per heavy atom. The van der Waals surface area contributed by atoms with Crippen LogP contribution >= 0.6 is 0 Å². The van der Waals surface area contributed by atoms with E-state index in [1.54, 1.807) is 18.2 Å². The van der Waals surface area contributed by atoms with Gasteiger partial charge in [0.2, 0.25) is 0 Å². The van der Waals surface area contributed by atoms with Crippen LogP contribution < -0.4 is 10.4 Å². The Morgan fingerprint density at radius 2 is 2.38 bits per heavy atom. The van der Waals surface area contributed by atoms with Gasteiger partial charge in [0.1, 0.15) is 6.61 Å². The zero-order valence-corrected chi connectivity index (χ0v) is 8.90. The third kappa shape index (κ3) is 1.95. The lowest BCUT2D eigenvalue weighted by molar-refractivity contribution is 0.242. The highest BCUT2D eigenvalue weighted by atomic mass is 16.6. The largest absolute Gasteiger partial charge is 0.446 e. The van der Waals surface area contributed by atoms with Gasteiger partial charge in [-0.25, -0.2) is 4.79 Å². The molecule has 4 heteroatoms. The first-order chi connectivity index (χ1) is 7.70. The molecule has 0 fully saturated rings. The van der Waals surface area contributed by atoms with Crippen molar-refractivity contribution in [3.05, 3.63) is 46.8 Å². The number of benzene rings is 1. The van der Waals surface area contributed by atoms with Crippen molar-refractivity contribution in [3.63, 3.8) is 0 Å². The predicted molar refractivity (Wildman–Crippen MR) is 60.7 cm³/mol. The summed E-state index contributed by atoms with van der Waals surface area (Å²) in [6.45, 7) is 5.66. The molecular formula is C12H11NO3. The van der Waals surface area contributed by atoms with Crippen LogP contribution in [0.4, 0.5) is 0 Å². The average Bonchev–Trinajstić information content (AvgIpc) is 2.27. The molecule has 0 bridgehead atoms. The molecule has 0 aliphatic heterocycles. The van der Waals surface area contributed by atoms with E-state index in [-0.39, 0.29) is 12.7 Å². The van der Waals surface area contributed by atoms with E-state index in [1.807, 2.05) is 13.0 Å². The molecule has 0 amide bonds. The second-order valence-corrected chi connectivity index (χ2v) is 3.39. The van der Waals surface area contributed by atoms with Crippen LogP contribution in [-0.2, 0) is 0 Å². The minimum absolute atomic E-state index is 0.0266. The Labute approximate surface area is 92.2 Å². The Hall–Kier alpha value is -2.10. The van der Waals surface area contributed by atoms with Crippen molar-refractivity contribution in [1.29, 1.82) is 0 Å². The van der Waals surface area contributed by atoms with Gasteiger partial charge in [-0.05, 0) is 19.1 Å². The molecule has 0 aliphatic carbocycles. The number of nitrogens with zero attached hydrogens (tertiary/aromatic N) is 1. The van der Waals surface area contributed by atoms with Gasteiger partial charge in [-0.2, -0.15) is 4.98 Å². The van der Waals surface area contributed by atoms with Gasteiger partial charge in [0.15, 0.2) is 0 Å². The average molecular weight is 217 g/mol. The summed E-state index contributed by atoms with van der Waals surface area (Å²) in [4.78, 5) is 15.7. The third-order valence-electron chi connectivity index (χ3n) is 2.09. The lowest BCUT2D eigenvalue weighted by atomic mass is 10.2. The fourth-order valence-electron chi connectivity index (χ4n) is 1.36. The Morgan fingerprint density at radius 3 is 3.12 bits per heavy atom. The molecule has 0 aliphatic rings. The summed E-state index contributed by atoms with van der Waals surface area (Å²) < 4.78 is 9.99. The first-order valence-electron chi connectivity index (χ1n) is 4.86. The summed E-state index contributed by atoms with van der Waals surface area (Å²) in [6.07, 6.45) is 1.53. The molecule has 1 aromatic carbocycles. The Bertz CT molecular complexity index is 586. The van der Waals surface area contributed by atoms with Gasteiger partial charge in [-0.15, -0.1) is 0 Å². The number of hydrogen-bond acceptors (Lipinski definition) is 4. The highest BCUT2D eigenvalue weighted by molar-refractivity contribution is 5.77. The molecule has 1 aromatic heterocycles. The van der Waals surface area contributed by atoms with Crippen molar-refractivity contribution in [3.8, 4) is 6.08 Å². The molecule has 16 heavy (non-hydrogen) atoms. The highest BCUT2D eigenvalue weighted by Gasteiger charge is 2.06. The summed E-state index contributed by atoms with van der Waals surface area (Å²) in [6, 6.07) is 5.39. The van der Waals surface area contributed by atoms with Crippen LogP contribution in [0.3, 0.4) is 0 Å². The molecule has 0 saturated carbocycles. The predicted octanol–water partition coefficient (Wildman–Crippen LogP) is 2.06. The van der Waals surface area contributed by atoms with Gasteiger partial charge < -0.3 is 9.15 Å². The van der Waals surface area contributed by atoms with Crippen LogP contribution in [0, 0.1) is 6.92 Å². The van der Waals surface area contributed by atoms with Gasteiger partial charge in [0.05, 0.1) is 10.9 Å². The van der Waals surface area contributed by atoms with Crippen LogP contribution in [0.1, 0.15) is 5.56 Å². The number of ether oxygens (including phenoxy) is 1. The van der Waals surface area contributed by atoms with E-state index in [0.717, 1.165) is 5.56 Å². The maximum atomic E-state index is 11.6.